The van der Waals surface area contributed by atoms with Gasteiger partial charge in [-0.15, -0.1) is 0 Å². The maximum Gasteiger partial charge on any atom is 0.301 e. The van der Waals surface area contributed by atoms with Crippen LogP contribution in [0.3, 0.4) is 0 Å². The molecule has 0 atom stereocenters. The second-order valence-corrected chi connectivity index (χ2v) is 8.24. The van der Waals surface area contributed by atoms with Gasteiger partial charge in [-0.25, -0.2) is 8.42 Å². The van der Waals surface area contributed by atoms with E-state index >= 15 is 0 Å². The number of sulfone groups is 1. The Morgan fingerprint density at radius 3 is 2.10 bits per heavy atom. The summed E-state index contributed by atoms with van der Waals surface area (Å²) in [5.74, 6) is 0. The van der Waals surface area contributed by atoms with E-state index in [1.54, 1.807) is 0 Å². The molecule has 0 saturated carbocycles. The Morgan fingerprint density at radius 2 is 1.60 bits per heavy atom. The molecule has 0 bridgehead atoms. The molecule has 112 valence electrons. The fourth-order valence-electron chi connectivity index (χ4n) is 1.87. The van der Waals surface area contributed by atoms with E-state index < -0.39 is 20.0 Å². The van der Waals surface area contributed by atoms with Crippen LogP contribution in [0.25, 0.3) is 0 Å². The number of rotatable bonds is 4. The molecule has 1 heterocycles. The Kier molecular flexibility index (Phi) is 4.33. The predicted octanol–water partition coefficient (Wildman–Crippen LogP) is -0.348. The molecule has 0 spiro atoms. The van der Waals surface area contributed by atoms with Crippen LogP contribution in [-0.2, 0) is 20.0 Å². The first-order valence-electron chi connectivity index (χ1n) is 6.08. The molecule has 1 aliphatic heterocycles. The summed E-state index contributed by atoms with van der Waals surface area (Å²) in [6, 6.07) is 5.64. The van der Waals surface area contributed by atoms with Gasteiger partial charge in [-0.1, -0.05) is 0 Å². The van der Waals surface area contributed by atoms with Crippen molar-refractivity contribution in [1.29, 1.82) is 0 Å². The van der Waals surface area contributed by atoms with E-state index in [9.17, 15) is 16.8 Å². The van der Waals surface area contributed by atoms with Gasteiger partial charge in [0.25, 0.3) is 0 Å². The topological polar surface area (TPSA) is 95.6 Å². The Hall–Kier alpha value is -1.16. The lowest BCUT2D eigenvalue weighted by atomic mass is 10.3. The number of nitrogens with one attached hydrogen (secondary N) is 2. The first-order valence-corrected chi connectivity index (χ1v) is 9.41. The van der Waals surface area contributed by atoms with Crippen LogP contribution in [0.15, 0.2) is 29.2 Å². The highest BCUT2D eigenvalue weighted by Crippen LogP contribution is 2.16. The largest absolute Gasteiger partial charge is 0.314 e. The molecule has 0 aromatic heterocycles. The van der Waals surface area contributed by atoms with Crippen molar-refractivity contribution >= 4 is 25.7 Å². The van der Waals surface area contributed by atoms with Crippen molar-refractivity contribution in [2.24, 2.45) is 0 Å². The molecule has 1 aromatic rings. The van der Waals surface area contributed by atoms with Crippen molar-refractivity contribution in [1.82, 2.24) is 9.62 Å². The molecule has 0 unspecified atom stereocenters. The number of benzene rings is 1. The van der Waals surface area contributed by atoms with Crippen LogP contribution < -0.4 is 10.0 Å². The SMILES string of the molecule is CS(=O)(=O)c1ccc(NS(=O)(=O)N2CCNCC2)cc1. The van der Waals surface area contributed by atoms with Crippen LogP contribution >= 0.6 is 0 Å². The fourth-order valence-corrected chi connectivity index (χ4v) is 3.73. The van der Waals surface area contributed by atoms with Crippen molar-refractivity contribution in [3.63, 3.8) is 0 Å². The summed E-state index contributed by atoms with van der Waals surface area (Å²) in [5.41, 5.74) is 0.343. The minimum atomic E-state index is -3.59. The molecule has 0 aliphatic carbocycles. The summed E-state index contributed by atoms with van der Waals surface area (Å²) in [5, 5.41) is 3.07. The van der Waals surface area contributed by atoms with E-state index in [4.69, 9.17) is 0 Å². The van der Waals surface area contributed by atoms with Crippen molar-refractivity contribution in [3.05, 3.63) is 24.3 Å². The smallest absolute Gasteiger partial charge is 0.301 e. The van der Waals surface area contributed by atoms with Crippen molar-refractivity contribution < 1.29 is 16.8 Å². The van der Waals surface area contributed by atoms with E-state index in [0.29, 0.717) is 31.9 Å². The van der Waals surface area contributed by atoms with Gasteiger partial charge in [0.15, 0.2) is 9.84 Å². The second kappa shape index (κ2) is 5.68. The lowest BCUT2D eigenvalue weighted by Gasteiger charge is -2.26. The summed E-state index contributed by atoms with van der Waals surface area (Å²) in [7, 11) is -6.87. The maximum atomic E-state index is 12.1. The summed E-state index contributed by atoms with van der Waals surface area (Å²) >= 11 is 0. The Morgan fingerprint density at radius 1 is 1.05 bits per heavy atom. The molecule has 0 amide bonds. The van der Waals surface area contributed by atoms with E-state index in [-0.39, 0.29) is 4.90 Å². The minimum absolute atomic E-state index is 0.155. The first kappa shape index (κ1) is 15.2. The number of hydrogen-bond donors (Lipinski definition) is 2. The van der Waals surface area contributed by atoms with Gasteiger partial charge in [-0.3, -0.25) is 4.72 Å². The van der Waals surface area contributed by atoms with Crippen LogP contribution in [0.4, 0.5) is 5.69 Å². The van der Waals surface area contributed by atoms with E-state index in [0.717, 1.165) is 6.26 Å². The molecule has 7 nitrogen and oxygen atoms in total. The zero-order valence-electron chi connectivity index (χ0n) is 11.0. The highest BCUT2D eigenvalue weighted by atomic mass is 32.2. The summed E-state index contributed by atoms with van der Waals surface area (Å²) < 4.78 is 50.7. The predicted molar refractivity (Wildman–Crippen MR) is 76.5 cm³/mol. The summed E-state index contributed by atoms with van der Waals surface area (Å²) in [4.78, 5) is 0.155. The standard InChI is InChI=1S/C11H17N3O4S2/c1-19(15,16)11-4-2-10(3-5-11)13-20(17,18)14-8-6-12-7-9-14/h2-5,12-13H,6-9H2,1H3. The maximum absolute atomic E-state index is 12.1. The molecule has 1 aliphatic rings. The van der Waals surface area contributed by atoms with E-state index in [1.165, 1.54) is 28.6 Å². The van der Waals surface area contributed by atoms with Gasteiger partial charge in [-0.2, -0.15) is 12.7 Å². The number of nitrogens with zero attached hydrogens (tertiary/aromatic N) is 1. The molecule has 9 heteroatoms. The number of anilines is 1. The lowest BCUT2D eigenvalue weighted by Crippen LogP contribution is -2.48. The molecule has 1 fully saturated rings. The first-order chi connectivity index (χ1) is 9.29. The zero-order valence-corrected chi connectivity index (χ0v) is 12.7. The third kappa shape index (κ3) is 3.69. The van der Waals surface area contributed by atoms with Crippen LogP contribution in [0.2, 0.25) is 0 Å². The van der Waals surface area contributed by atoms with Crippen molar-refractivity contribution in [2.75, 3.05) is 37.2 Å². The van der Waals surface area contributed by atoms with Gasteiger partial charge in [0.1, 0.15) is 0 Å². The summed E-state index contributed by atoms with van der Waals surface area (Å²) in [6.45, 7) is 2.06. The Labute approximate surface area is 119 Å². The molecule has 2 rings (SSSR count). The third-order valence-electron chi connectivity index (χ3n) is 2.95. The van der Waals surface area contributed by atoms with Gasteiger partial charge in [0.05, 0.1) is 4.90 Å². The van der Waals surface area contributed by atoms with Gasteiger partial charge in [0.2, 0.25) is 0 Å². The van der Waals surface area contributed by atoms with E-state index in [2.05, 4.69) is 10.0 Å². The van der Waals surface area contributed by atoms with Crippen LogP contribution in [0, 0.1) is 0 Å². The molecule has 1 saturated heterocycles. The van der Waals surface area contributed by atoms with Gasteiger partial charge >= 0.3 is 10.2 Å². The van der Waals surface area contributed by atoms with Crippen molar-refractivity contribution in [2.45, 2.75) is 4.90 Å². The monoisotopic (exact) mass is 319 g/mol. The average Bonchev–Trinajstić information content (AvgIpc) is 2.39. The molecular formula is C11H17N3O4S2. The van der Waals surface area contributed by atoms with Crippen LogP contribution in [0.5, 0.6) is 0 Å². The lowest BCUT2D eigenvalue weighted by molar-refractivity contribution is 0.362. The zero-order chi connectivity index (χ0) is 14.8. The van der Waals surface area contributed by atoms with Crippen LogP contribution in [-0.4, -0.2) is 53.6 Å². The number of piperazine rings is 1. The van der Waals surface area contributed by atoms with Gasteiger partial charge < -0.3 is 5.32 Å². The Balaban J connectivity index is 2.13. The quantitative estimate of drug-likeness (QED) is 0.791. The average molecular weight is 319 g/mol. The fraction of sp³-hybridized carbons (Fsp3) is 0.455. The van der Waals surface area contributed by atoms with Gasteiger partial charge in [0, 0.05) is 38.1 Å². The Bertz CT molecular complexity index is 662. The number of hydrogen-bond acceptors (Lipinski definition) is 5. The molecule has 2 N–H and O–H groups in total. The van der Waals surface area contributed by atoms with Gasteiger partial charge in [-0.05, 0) is 24.3 Å². The molecule has 1 aromatic carbocycles. The molecular weight excluding hydrogens is 302 g/mol. The van der Waals surface area contributed by atoms with Crippen molar-refractivity contribution in [3.8, 4) is 0 Å². The normalized spacial score (nSPS) is 17.9. The van der Waals surface area contributed by atoms with Crippen LogP contribution in [0.1, 0.15) is 0 Å². The second-order valence-electron chi connectivity index (χ2n) is 4.55. The molecule has 20 heavy (non-hydrogen) atoms. The molecule has 0 radical (unpaired) electrons. The minimum Gasteiger partial charge on any atom is -0.314 e. The van der Waals surface area contributed by atoms with E-state index in [1.807, 2.05) is 0 Å². The summed E-state index contributed by atoms with van der Waals surface area (Å²) in [6.07, 6.45) is 1.10. The highest BCUT2D eigenvalue weighted by Gasteiger charge is 2.23. The third-order valence-corrected chi connectivity index (χ3v) is 5.61. The highest BCUT2D eigenvalue weighted by molar-refractivity contribution is 7.91.